The molecule has 106 valence electrons. The fourth-order valence-electron chi connectivity index (χ4n) is 2.40. The number of aromatic nitrogens is 3. The number of nitrogens with one attached hydrogen (secondary N) is 1. The monoisotopic (exact) mass is 274 g/mol. The molecule has 6 heteroatoms. The highest BCUT2D eigenvalue weighted by atomic mass is 16.5. The van der Waals surface area contributed by atoms with Crippen LogP contribution in [0.4, 0.5) is 5.88 Å². The van der Waals surface area contributed by atoms with Gasteiger partial charge in [0, 0.05) is 17.8 Å². The van der Waals surface area contributed by atoms with E-state index in [1.54, 1.807) is 16.9 Å². The van der Waals surface area contributed by atoms with Gasteiger partial charge in [0.05, 0.1) is 5.69 Å². The van der Waals surface area contributed by atoms with Crippen molar-refractivity contribution in [3.8, 4) is 0 Å². The summed E-state index contributed by atoms with van der Waals surface area (Å²) in [7, 11) is 0. The van der Waals surface area contributed by atoms with E-state index in [1.807, 2.05) is 13.8 Å². The average Bonchev–Trinajstić information content (AvgIpc) is 3.06. The normalized spacial score (nSPS) is 14.3. The molecule has 2 aromatic heterocycles. The van der Waals surface area contributed by atoms with Crippen LogP contribution in [0, 0.1) is 0 Å². The van der Waals surface area contributed by atoms with Gasteiger partial charge in [0.15, 0.2) is 5.69 Å². The first-order valence-corrected chi connectivity index (χ1v) is 6.99. The molecule has 1 N–H and O–H groups in total. The van der Waals surface area contributed by atoms with E-state index < -0.39 is 0 Å². The number of hydrogen-bond donors (Lipinski definition) is 1. The third-order valence-electron chi connectivity index (χ3n) is 3.56. The van der Waals surface area contributed by atoms with Gasteiger partial charge < -0.3 is 4.52 Å². The van der Waals surface area contributed by atoms with Crippen molar-refractivity contribution in [1.29, 1.82) is 0 Å². The lowest BCUT2D eigenvalue weighted by Crippen LogP contribution is -2.15. The van der Waals surface area contributed by atoms with Crippen molar-refractivity contribution >= 4 is 11.8 Å². The highest BCUT2D eigenvalue weighted by molar-refractivity contribution is 6.02. The molecule has 0 saturated heterocycles. The summed E-state index contributed by atoms with van der Waals surface area (Å²) in [5, 5.41) is 11.0. The minimum absolute atomic E-state index is 0.231. The number of amides is 1. The third-order valence-corrected chi connectivity index (χ3v) is 3.56. The van der Waals surface area contributed by atoms with Crippen molar-refractivity contribution in [2.45, 2.75) is 45.6 Å². The maximum absolute atomic E-state index is 12.2. The number of rotatable bonds is 3. The molecule has 0 bridgehead atoms. The van der Waals surface area contributed by atoms with Crippen molar-refractivity contribution in [1.82, 2.24) is 14.9 Å². The lowest BCUT2D eigenvalue weighted by Gasteiger charge is -2.09. The number of anilines is 1. The smallest absolute Gasteiger partial charge is 0.278 e. The first kappa shape index (κ1) is 12.9. The summed E-state index contributed by atoms with van der Waals surface area (Å²) in [6, 6.07) is 1.94. The van der Waals surface area contributed by atoms with Gasteiger partial charge in [-0.25, -0.2) is 0 Å². The number of carbonyl (C=O) groups is 1. The molecule has 0 atom stereocenters. The zero-order valence-electron chi connectivity index (χ0n) is 11.7. The van der Waals surface area contributed by atoms with E-state index in [0.717, 1.165) is 36.9 Å². The Labute approximate surface area is 117 Å². The zero-order chi connectivity index (χ0) is 14.1. The molecule has 0 aromatic carbocycles. The maximum Gasteiger partial charge on any atom is 0.278 e. The van der Waals surface area contributed by atoms with Crippen LogP contribution >= 0.6 is 0 Å². The van der Waals surface area contributed by atoms with Gasteiger partial charge in [-0.05, 0) is 45.6 Å². The van der Waals surface area contributed by atoms with Crippen LogP contribution in [-0.2, 0) is 12.8 Å². The predicted molar refractivity (Wildman–Crippen MR) is 73.7 cm³/mol. The summed E-state index contributed by atoms with van der Waals surface area (Å²) >= 11 is 0. The van der Waals surface area contributed by atoms with Crippen LogP contribution < -0.4 is 5.32 Å². The van der Waals surface area contributed by atoms with Crippen molar-refractivity contribution < 1.29 is 9.32 Å². The lowest BCUT2D eigenvalue weighted by molar-refractivity contribution is 0.101. The van der Waals surface area contributed by atoms with E-state index in [4.69, 9.17) is 4.52 Å². The second-order valence-corrected chi connectivity index (χ2v) is 5.37. The van der Waals surface area contributed by atoms with Crippen molar-refractivity contribution in [2.75, 3.05) is 5.32 Å². The van der Waals surface area contributed by atoms with Gasteiger partial charge in [-0.3, -0.25) is 14.8 Å². The van der Waals surface area contributed by atoms with Crippen LogP contribution in [0.3, 0.4) is 0 Å². The van der Waals surface area contributed by atoms with Gasteiger partial charge >= 0.3 is 0 Å². The minimum Gasteiger partial charge on any atom is -0.338 e. The standard InChI is InChI=1S/C14H18N4O2/c1-9(2)18-8-7-12(16-18)13(19)15-14-10-5-3-4-6-11(10)17-20-14/h7-9H,3-6H2,1-2H3,(H,15,19). The summed E-state index contributed by atoms with van der Waals surface area (Å²) in [5.41, 5.74) is 2.40. The van der Waals surface area contributed by atoms with Gasteiger partial charge in [0.25, 0.3) is 5.91 Å². The van der Waals surface area contributed by atoms with E-state index >= 15 is 0 Å². The van der Waals surface area contributed by atoms with E-state index in [2.05, 4.69) is 15.6 Å². The molecule has 0 radical (unpaired) electrons. The third kappa shape index (κ3) is 2.33. The van der Waals surface area contributed by atoms with Gasteiger partial charge in [0.1, 0.15) is 0 Å². The highest BCUT2D eigenvalue weighted by Gasteiger charge is 2.21. The number of fused-ring (bicyclic) bond motifs is 1. The molecular formula is C14H18N4O2. The fourth-order valence-corrected chi connectivity index (χ4v) is 2.40. The van der Waals surface area contributed by atoms with Crippen LogP contribution in [0.2, 0.25) is 0 Å². The number of nitrogens with zero attached hydrogens (tertiary/aromatic N) is 3. The number of aryl methyl sites for hydroxylation is 1. The molecule has 0 unspecified atom stereocenters. The Hall–Kier alpha value is -2.11. The molecule has 6 nitrogen and oxygen atoms in total. The second-order valence-electron chi connectivity index (χ2n) is 5.37. The van der Waals surface area contributed by atoms with Crippen LogP contribution in [-0.4, -0.2) is 20.8 Å². The van der Waals surface area contributed by atoms with E-state index in [-0.39, 0.29) is 11.9 Å². The summed E-state index contributed by atoms with van der Waals surface area (Å²) in [6.45, 7) is 4.03. The second kappa shape index (κ2) is 5.11. The Morgan fingerprint density at radius 2 is 2.20 bits per heavy atom. The van der Waals surface area contributed by atoms with Gasteiger partial charge in [-0.15, -0.1) is 0 Å². The average molecular weight is 274 g/mol. The summed E-state index contributed by atoms with van der Waals surface area (Å²) < 4.78 is 7.00. The fraction of sp³-hybridized carbons (Fsp3) is 0.500. The molecule has 1 aliphatic rings. The van der Waals surface area contributed by atoms with Gasteiger partial charge in [-0.1, -0.05) is 5.16 Å². The largest absolute Gasteiger partial charge is 0.338 e. The molecule has 0 saturated carbocycles. The predicted octanol–water partition coefficient (Wildman–Crippen LogP) is 2.58. The maximum atomic E-state index is 12.2. The molecule has 2 heterocycles. The molecule has 3 rings (SSSR count). The van der Waals surface area contributed by atoms with Gasteiger partial charge in [-0.2, -0.15) is 5.10 Å². The number of carbonyl (C=O) groups excluding carboxylic acids is 1. The summed E-state index contributed by atoms with van der Waals surface area (Å²) in [6.07, 6.45) is 5.88. The molecule has 0 aliphatic heterocycles. The summed E-state index contributed by atoms with van der Waals surface area (Å²) in [4.78, 5) is 12.2. The molecule has 1 amide bonds. The zero-order valence-corrected chi connectivity index (χ0v) is 11.7. The first-order valence-electron chi connectivity index (χ1n) is 6.99. The summed E-state index contributed by atoms with van der Waals surface area (Å²) in [5.74, 6) is 0.220. The van der Waals surface area contributed by atoms with Gasteiger partial charge in [0.2, 0.25) is 5.88 Å². The highest BCUT2D eigenvalue weighted by Crippen LogP contribution is 2.27. The van der Waals surface area contributed by atoms with Crippen molar-refractivity contribution in [2.24, 2.45) is 0 Å². The topological polar surface area (TPSA) is 73.0 Å². The molecule has 1 aliphatic carbocycles. The molecule has 0 spiro atoms. The van der Waals surface area contributed by atoms with Crippen molar-refractivity contribution in [3.63, 3.8) is 0 Å². The lowest BCUT2D eigenvalue weighted by atomic mass is 9.98. The van der Waals surface area contributed by atoms with E-state index in [9.17, 15) is 4.79 Å². The Kier molecular flexibility index (Phi) is 3.30. The number of hydrogen-bond acceptors (Lipinski definition) is 4. The van der Waals surface area contributed by atoms with Crippen LogP contribution in [0.25, 0.3) is 0 Å². The Balaban J connectivity index is 1.77. The Morgan fingerprint density at radius 1 is 1.40 bits per heavy atom. The quantitative estimate of drug-likeness (QED) is 0.933. The first-order chi connectivity index (χ1) is 9.65. The van der Waals surface area contributed by atoms with Crippen molar-refractivity contribution in [3.05, 3.63) is 29.2 Å². The molecule has 20 heavy (non-hydrogen) atoms. The van der Waals surface area contributed by atoms with Crippen LogP contribution in [0.5, 0.6) is 0 Å². The minimum atomic E-state index is -0.256. The van der Waals surface area contributed by atoms with E-state index in [0.29, 0.717) is 11.6 Å². The Morgan fingerprint density at radius 3 is 2.95 bits per heavy atom. The SMILES string of the molecule is CC(C)n1ccc(C(=O)Nc2onc3c2CCCC3)n1. The molecule has 2 aromatic rings. The van der Waals surface area contributed by atoms with Crippen LogP contribution in [0.1, 0.15) is 54.5 Å². The Bertz CT molecular complexity index is 627. The molecule has 0 fully saturated rings. The van der Waals surface area contributed by atoms with Crippen LogP contribution in [0.15, 0.2) is 16.8 Å². The van der Waals surface area contributed by atoms with E-state index in [1.165, 1.54) is 0 Å². The molecular weight excluding hydrogens is 256 g/mol.